The van der Waals surface area contributed by atoms with Gasteiger partial charge in [-0.1, -0.05) is 0 Å². The van der Waals surface area contributed by atoms with E-state index in [2.05, 4.69) is 0 Å². The highest BCUT2D eigenvalue weighted by Gasteiger charge is 2.43. The zero-order valence-electron chi connectivity index (χ0n) is 8.77. The van der Waals surface area contributed by atoms with Gasteiger partial charge in [0, 0.05) is 12.0 Å². The van der Waals surface area contributed by atoms with Crippen LogP contribution in [-0.2, 0) is 10.4 Å². The number of aliphatic carboxylic acids is 1. The number of carboxylic acids is 1. The number of aliphatic hydroxyl groups is 1. The van der Waals surface area contributed by atoms with Crippen LogP contribution in [0.15, 0.2) is 18.2 Å². The first kappa shape index (κ1) is 10.8. The third-order valence-electron chi connectivity index (χ3n) is 2.71. The normalized spacial score (nSPS) is 23.1. The van der Waals surface area contributed by atoms with E-state index in [1.165, 1.54) is 13.2 Å². The summed E-state index contributed by atoms with van der Waals surface area (Å²) in [6.45, 7) is 0.183. The van der Waals surface area contributed by atoms with Crippen LogP contribution in [0.4, 0.5) is 0 Å². The molecule has 0 aliphatic carbocycles. The molecule has 0 radical (unpaired) electrons. The summed E-state index contributed by atoms with van der Waals surface area (Å²) < 4.78 is 10.3. The molecular weight excluding hydrogens is 212 g/mol. The Morgan fingerprint density at radius 2 is 2.31 bits per heavy atom. The molecule has 0 fully saturated rings. The van der Waals surface area contributed by atoms with Gasteiger partial charge in [-0.05, 0) is 18.2 Å². The summed E-state index contributed by atoms with van der Waals surface area (Å²) >= 11 is 0. The van der Waals surface area contributed by atoms with Crippen molar-refractivity contribution in [2.45, 2.75) is 12.0 Å². The third kappa shape index (κ3) is 1.49. The van der Waals surface area contributed by atoms with Gasteiger partial charge in [-0.25, -0.2) is 4.79 Å². The topological polar surface area (TPSA) is 76.0 Å². The lowest BCUT2D eigenvalue weighted by molar-refractivity contribution is -0.162. The number of carbonyl (C=O) groups is 1. The van der Waals surface area contributed by atoms with Gasteiger partial charge in [0.05, 0.1) is 13.7 Å². The molecule has 2 N–H and O–H groups in total. The summed E-state index contributed by atoms with van der Waals surface area (Å²) in [4.78, 5) is 11.1. The minimum absolute atomic E-state index is 0.0303. The van der Waals surface area contributed by atoms with Gasteiger partial charge in [0.1, 0.15) is 11.5 Å². The molecule has 86 valence electrons. The van der Waals surface area contributed by atoms with E-state index in [1.54, 1.807) is 12.1 Å². The number of carboxylic acid groups (broad SMARTS) is 1. The molecule has 2 rings (SSSR count). The van der Waals surface area contributed by atoms with Crippen LogP contribution in [0.25, 0.3) is 0 Å². The van der Waals surface area contributed by atoms with Gasteiger partial charge in [-0.2, -0.15) is 0 Å². The molecular formula is C11H12O5. The first-order valence-electron chi connectivity index (χ1n) is 4.85. The number of hydrogen-bond donors (Lipinski definition) is 2. The Hall–Kier alpha value is -1.75. The van der Waals surface area contributed by atoms with Crippen LogP contribution in [0, 0.1) is 0 Å². The first-order chi connectivity index (χ1) is 7.58. The average molecular weight is 224 g/mol. The maximum Gasteiger partial charge on any atom is 0.340 e. The van der Waals surface area contributed by atoms with Crippen LogP contribution in [-0.4, -0.2) is 29.9 Å². The largest absolute Gasteiger partial charge is 0.497 e. The molecule has 5 heteroatoms. The van der Waals surface area contributed by atoms with Gasteiger partial charge < -0.3 is 19.7 Å². The highest BCUT2D eigenvalue weighted by atomic mass is 16.5. The summed E-state index contributed by atoms with van der Waals surface area (Å²) in [5.74, 6) is -0.397. The summed E-state index contributed by atoms with van der Waals surface area (Å²) in [6, 6.07) is 4.75. The molecule has 1 atom stereocenters. The van der Waals surface area contributed by atoms with Crippen molar-refractivity contribution in [1.82, 2.24) is 0 Å². The minimum Gasteiger partial charge on any atom is -0.497 e. The third-order valence-corrected chi connectivity index (χ3v) is 2.71. The summed E-state index contributed by atoms with van der Waals surface area (Å²) in [6.07, 6.45) is 0.0303. The van der Waals surface area contributed by atoms with Crippen molar-refractivity contribution in [3.05, 3.63) is 23.8 Å². The van der Waals surface area contributed by atoms with E-state index in [0.29, 0.717) is 11.5 Å². The predicted molar refractivity (Wildman–Crippen MR) is 54.6 cm³/mol. The second-order valence-corrected chi connectivity index (χ2v) is 3.63. The van der Waals surface area contributed by atoms with E-state index in [1.807, 2.05) is 0 Å². The lowest BCUT2D eigenvalue weighted by atomic mass is 9.88. The average Bonchev–Trinajstić information content (AvgIpc) is 2.29. The predicted octanol–water partition coefficient (Wildman–Crippen LogP) is 0.750. The standard InChI is InChI=1S/C11H12O5/c1-15-7-2-3-9-8(6-7)11(14,10(12)13)4-5-16-9/h2-3,6,14H,4-5H2,1H3,(H,12,13). The molecule has 0 saturated carbocycles. The minimum atomic E-state index is -1.89. The Kier molecular flexibility index (Phi) is 2.47. The van der Waals surface area contributed by atoms with Gasteiger partial charge >= 0.3 is 5.97 Å². The van der Waals surface area contributed by atoms with E-state index in [9.17, 15) is 9.90 Å². The van der Waals surface area contributed by atoms with Gasteiger partial charge in [0.15, 0.2) is 5.60 Å². The molecule has 16 heavy (non-hydrogen) atoms. The molecule has 0 spiro atoms. The smallest absolute Gasteiger partial charge is 0.340 e. The van der Waals surface area contributed by atoms with Crippen molar-refractivity contribution >= 4 is 5.97 Å². The summed E-state index contributed by atoms with van der Waals surface area (Å²) in [5.41, 5.74) is -1.65. The fourth-order valence-electron chi connectivity index (χ4n) is 1.75. The van der Waals surface area contributed by atoms with E-state index < -0.39 is 11.6 Å². The molecule has 1 unspecified atom stereocenters. The molecule has 1 heterocycles. The van der Waals surface area contributed by atoms with E-state index in [0.717, 1.165) is 0 Å². The van der Waals surface area contributed by atoms with Gasteiger partial charge in [0.25, 0.3) is 0 Å². The maximum atomic E-state index is 11.1. The zero-order valence-corrected chi connectivity index (χ0v) is 8.77. The van der Waals surface area contributed by atoms with Crippen LogP contribution in [0.3, 0.4) is 0 Å². The van der Waals surface area contributed by atoms with Crippen LogP contribution in [0.1, 0.15) is 12.0 Å². The van der Waals surface area contributed by atoms with Crippen molar-refractivity contribution in [2.24, 2.45) is 0 Å². The molecule has 1 aliphatic heterocycles. The number of hydrogen-bond acceptors (Lipinski definition) is 4. The van der Waals surface area contributed by atoms with Gasteiger partial charge in [-0.15, -0.1) is 0 Å². The molecule has 1 aromatic rings. The molecule has 0 saturated heterocycles. The van der Waals surface area contributed by atoms with E-state index >= 15 is 0 Å². The first-order valence-corrected chi connectivity index (χ1v) is 4.85. The monoisotopic (exact) mass is 224 g/mol. The SMILES string of the molecule is COc1ccc2c(c1)C(O)(C(=O)O)CCO2. The number of fused-ring (bicyclic) bond motifs is 1. The zero-order chi connectivity index (χ0) is 11.8. The molecule has 0 bridgehead atoms. The molecule has 0 amide bonds. The number of ether oxygens (including phenoxy) is 2. The lowest BCUT2D eigenvalue weighted by Gasteiger charge is -2.30. The number of methoxy groups -OCH3 is 1. The van der Waals surface area contributed by atoms with E-state index in [-0.39, 0.29) is 18.6 Å². The van der Waals surface area contributed by atoms with Crippen LogP contribution >= 0.6 is 0 Å². The molecule has 1 aromatic carbocycles. The Morgan fingerprint density at radius 1 is 1.56 bits per heavy atom. The Bertz CT molecular complexity index is 428. The molecule has 0 aromatic heterocycles. The summed E-state index contributed by atoms with van der Waals surface area (Å²) in [7, 11) is 1.48. The van der Waals surface area contributed by atoms with Crippen molar-refractivity contribution in [1.29, 1.82) is 0 Å². The second-order valence-electron chi connectivity index (χ2n) is 3.63. The highest BCUT2D eigenvalue weighted by molar-refractivity contribution is 5.81. The molecule has 1 aliphatic rings. The highest BCUT2D eigenvalue weighted by Crippen LogP contribution is 2.39. The fraction of sp³-hybridized carbons (Fsp3) is 0.364. The van der Waals surface area contributed by atoms with Crippen molar-refractivity contribution < 1.29 is 24.5 Å². The van der Waals surface area contributed by atoms with Crippen molar-refractivity contribution in [3.8, 4) is 11.5 Å². The summed E-state index contributed by atoms with van der Waals surface area (Å²) in [5, 5.41) is 19.1. The molecule has 5 nitrogen and oxygen atoms in total. The van der Waals surface area contributed by atoms with Gasteiger partial charge in [-0.3, -0.25) is 0 Å². The second kappa shape index (κ2) is 3.68. The Labute approximate surface area is 92.2 Å². The van der Waals surface area contributed by atoms with Crippen LogP contribution < -0.4 is 9.47 Å². The Morgan fingerprint density at radius 3 is 2.94 bits per heavy atom. The number of benzene rings is 1. The van der Waals surface area contributed by atoms with Crippen molar-refractivity contribution in [3.63, 3.8) is 0 Å². The van der Waals surface area contributed by atoms with Crippen molar-refractivity contribution in [2.75, 3.05) is 13.7 Å². The van der Waals surface area contributed by atoms with Gasteiger partial charge in [0.2, 0.25) is 0 Å². The Balaban J connectivity index is 2.55. The quantitative estimate of drug-likeness (QED) is 0.775. The van der Waals surface area contributed by atoms with Crippen LogP contribution in [0.5, 0.6) is 11.5 Å². The number of rotatable bonds is 2. The maximum absolute atomic E-state index is 11.1. The van der Waals surface area contributed by atoms with E-state index in [4.69, 9.17) is 14.6 Å². The fourth-order valence-corrected chi connectivity index (χ4v) is 1.75. The lowest BCUT2D eigenvalue weighted by Crippen LogP contribution is -2.40. The van der Waals surface area contributed by atoms with Crippen LogP contribution in [0.2, 0.25) is 0 Å².